The number of rotatable bonds is 7. The fourth-order valence-corrected chi connectivity index (χ4v) is 1.12. The minimum Gasteiger partial charge on any atom is -0.396 e. The second-order valence-electron chi connectivity index (χ2n) is 3.32. The summed E-state index contributed by atoms with van der Waals surface area (Å²) >= 11 is 0. The molecule has 2 amide bonds. The predicted molar refractivity (Wildman–Crippen MR) is 57.2 cm³/mol. The van der Waals surface area contributed by atoms with Crippen LogP contribution < -0.4 is 10.6 Å². The molecule has 0 heterocycles. The van der Waals surface area contributed by atoms with E-state index in [0.29, 0.717) is 12.8 Å². The van der Waals surface area contributed by atoms with E-state index in [1.165, 1.54) is 0 Å². The number of aliphatic hydroxyl groups excluding tert-OH is 1. The summed E-state index contributed by atoms with van der Waals surface area (Å²) < 4.78 is 0. The third-order valence-corrected chi connectivity index (χ3v) is 2.10. The Labute approximate surface area is 90.2 Å². The molecule has 0 aliphatic carbocycles. The fourth-order valence-electron chi connectivity index (χ4n) is 1.12. The van der Waals surface area contributed by atoms with Gasteiger partial charge < -0.3 is 15.7 Å². The van der Waals surface area contributed by atoms with Gasteiger partial charge >= 0.3 is 0 Å². The van der Waals surface area contributed by atoms with Gasteiger partial charge in [0.15, 0.2) is 0 Å². The molecule has 88 valence electrons. The Morgan fingerprint density at radius 2 is 1.93 bits per heavy atom. The first-order chi connectivity index (χ1) is 7.13. The summed E-state index contributed by atoms with van der Waals surface area (Å²) in [4.78, 5) is 22.2. The highest BCUT2D eigenvalue weighted by Gasteiger charge is 2.09. The molecule has 15 heavy (non-hydrogen) atoms. The topological polar surface area (TPSA) is 78.4 Å². The molecule has 0 fully saturated rings. The highest BCUT2D eigenvalue weighted by Crippen LogP contribution is 1.95. The molecular weight excluding hydrogens is 196 g/mol. The number of hydrogen-bond acceptors (Lipinski definition) is 3. The van der Waals surface area contributed by atoms with Crippen LogP contribution >= 0.6 is 0 Å². The molecule has 0 saturated carbocycles. The van der Waals surface area contributed by atoms with Gasteiger partial charge in [0.1, 0.15) is 0 Å². The zero-order valence-electron chi connectivity index (χ0n) is 9.38. The number of carbonyl (C=O) groups is 2. The smallest absolute Gasteiger partial charge is 0.239 e. The van der Waals surface area contributed by atoms with Crippen LogP contribution in [0.1, 0.15) is 33.1 Å². The van der Waals surface area contributed by atoms with E-state index in [-0.39, 0.29) is 31.0 Å². The van der Waals surface area contributed by atoms with Crippen molar-refractivity contribution in [2.75, 3.05) is 13.2 Å². The van der Waals surface area contributed by atoms with E-state index in [1.807, 2.05) is 6.92 Å². The molecule has 0 rings (SSSR count). The lowest BCUT2D eigenvalue weighted by molar-refractivity contribution is -0.126. The van der Waals surface area contributed by atoms with Crippen molar-refractivity contribution < 1.29 is 14.7 Å². The Balaban J connectivity index is 3.75. The molecule has 1 unspecified atom stereocenters. The zero-order chi connectivity index (χ0) is 11.7. The summed E-state index contributed by atoms with van der Waals surface area (Å²) in [6.07, 6.45) is 1.69. The van der Waals surface area contributed by atoms with E-state index in [1.54, 1.807) is 6.92 Å². The van der Waals surface area contributed by atoms with Crippen molar-refractivity contribution >= 4 is 11.8 Å². The maximum Gasteiger partial charge on any atom is 0.239 e. The van der Waals surface area contributed by atoms with Gasteiger partial charge in [0.2, 0.25) is 11.8 Å². The SMILES string of the molecule is CCC(=O)NCC(=O)NC(CC)CCO. The number of carbonyl (C=O) groups excluding carboxylic acids is 2. The average molecular weight is 216 g/mol. The number of hydrogen-bond donors (Lipinski definition) is 3. The molecule has 0 radical (unpaired) electrons. The van der Waals surface area contributed by atoms with Crippen molar-refractivity contribution in [2.45, 2.75) is 39.2 Å². The largest absolute Gasteiger partial charge is 0.396 e. The van der Waals surface area contributed by atoms with Crippen LogP contribution in [0.2, 0.25) is 0 Å². The molecule has 5 nitrogen and oxygen atoms in total. The average Bonchev–Trinajstić information content (AvgIpc) is 2.25. The third-order valence-electron chi connectivity index (χ3n) is 2.10. The second kappa shape index (κ2) is 8.23. The Bertz CT molecular complexity index is 207. The number of aliphatic hydroxyl groups is 1. The first kappa shape index (κ1) is 13.9. The zero-order valence-corrected chi connectivity index (χ0v) is 9.38. The van der Waals surface area contributed by atoms with Crippen molar-refractivity contribution in [3.8, 4) is 0 Å². The highest BCUT2D eigenvalue weighted by molar-refractivity contribution is 5.84. The molecule has 0 aromatic heterocycles. The van der Waals surface area contributed by atoms with Gasteiger partial charge in [-0.2, -0.15) is 0 Å². The van der Waals surface area contributed by atoms with Crippen LogP contribution in [0, 0.1) is 0 Å². The normalized spacial score (nSPS) is 11.9. The molecular formula is C10H20N2O3. The monoisotopic (exact) mass is 216 g/mol. The van der Waals surface area contributed by atoms with Gasteiger partial charge in [0.25, 0.3) is 0 Å². The van der Waals surface area contributed by atoms with Crippen LogP contribution in [0.3, 0.4) is 0 Å². The summed E-state index contributed by atoms with van der Waals surface area (Å²) in [5.74, 6) is -0.350. The van der Waals surface area contributed by atoms with Crippen molar-refractivity contribution in [2.24, 2.45) is 0 Å². The summed E-state index contributed by atoms with van der Waals surface area (Å²) in [5.41, 5.74) is 0. The minimum atomic E-state index is -0.211. The van der Waals surface area contributed by atoms with Gasteiger partial charge in [-0.05, 0) is 12.8 Å². The van der Waals surface area contributed by atoms with Crippen LogP contribution in [-0.2, 0) is 9.59 Å². The summed E-state index contributed by atoms with van der Waals surface area (Å²) in [6.45, 7) is 3.73. The van der Waals surface area contributed by atoms with E-state index >= 15 is 0 Å². The molecule has 0 spiro atoms. The molecule has 1 atom stereocenters. The second-order valence-corrected chi connectivity index (χ2v) is 3.32. The Hall–Kier alpha value is -1.10. The third kappa shape index (κ3) is 6.90. The quantitative estimate of drug-likeness (QED) is 0.551. The first-order valence-electron chi connectivity index (χ1n) is 5.30. The van der Waals surface area contributed by atoms with Crippen molar-refractivity contribution in [1.29, 1.82) is 0 Å². The van der Waals surface area contributed by atoms with E-state index < -0.39 is 0 Å². The lowest BCUT2D eigenvalue weighted by atomic mass is 10.1. The van der Waals surface area contributed by atoms with Crippen molar-refractivity contribution in [1.82, 2.24) is 10.6 Å². The van der Waals surface area contributed by atoms with Crippen LogP contribution in [0.4, 0.5) is 0 Å². The molecule has 0 aromatic carbocycles. The predicted octanol–water partition coefficient (Wildman–Crippen LogP) is -0.210. The van der Waals surface area contributed by atoms with Crippen LogP contribution in [0.25, 0.3) is 0 Å². The minimum absolute atomic E-state index is 0.00853. The Morgan fingerprint density at radius 1 is 1.27 bits per heavy atom. The first-order valence-corrected chi connectivity index (χ1v) is 5.30. The maximum absolute atomic E-state index is 11.3. The molecule has 0 aliphatic rings. The number of nitrogens with one attached hydrogen (secondary N) is 2. The molecule has 0 saturated heterocycles. The Kier molecular flexibility index (Phi) is 7.62. The highest BCUT2D eigenvalue weighted by atomic mass is 16.3. The van der Waals surface area contributed by atoms with Crippen LogP contribution in [0.5, 0.6) is 0 Å². The summed E-state index contributed by atoms with van der Waals surface area (Å²) in [7, 11) is 0. The van der Waals surface area contributed by atoms with Gasteiger partial charge in [-0.1, -0.05) is 13.8 Å². The molecule has 0 aliphatic heterocycles. The van der Waals surface area contributed by atoms with Gasteiger partial charge in [-0.3, -0.25) is 9.59 Å². The van der Waals surface area contributed by atoms with Gasteiger partial charge in [0, 0.05) is 19.1 Å². The van der Waals surface area contributed by atoms with Crippen LogP contribution in [0.15, 0.2) is 0 Å². The van der Waals surface area contributed by atoms with Gasteiger partial charge in [-0.15, -0.1) is 0 Å². The van der Waals surface area contributed by atoms with Gasteiger partial charge in [0.05, 0.1) is 6.54 Å². The van der Waals surface area contributed by atoms with E-state index in [0.717, 1.165) is 6.42 Å². The molecule has 0 aromatic rings. The molecule has 0 bridgehead atoms. The summed E-state index contributed by atoms with van der Waals surface area (Å²) in [6, 6.07) is -0.0129. The lowest BCUT2D eigenvalue weighted by Gasteiger charge is -2.15. The molecule has 3 N–H and O–H groups in total. The maximum atomic E-state index is 11.3. The van der Waals surface area contributed by atoms with Crippen molar-refractivity contribution in [3.63, 3.8) is 0 Å². The van der Waals surface area contributed by atoms with E-state index in [9.17, 15) is 9.59 Å². The number of amides is 2. The van der Waals surface area contributed by atoms with E-state index in [2.05, 4.69) is 10.6 Å². The summed E-state index contributed by atoms with van der Waals surface area (Å²) in [5, 5.41) is 13.9. The van der Waals surface area contributed by atoms with E-state index in [4.69, 9.17) is 5.11 Å². The fraction of sp³-hybridized carbons (Fsp3) is 0.800. The lowest BCUT2D eigenvalue weighted by Crippen LogP contribution is -2.42. The van der Waals surface area contributed by atoms with Crippen molar-refractivity contribution in [3.05, 3.63) is 0 Å². The van der Waals surface area contributed by atoms with Crippen LogP contribution in [-0.4, -0.2) is 36.1 Å². The Morgan fingerprint density at radius 3 is 2.40 bits per heavy atom. The van der Waals surface area contributed by atoms with Gasteiger partial charge in [-0.25, -0.2) is 0 Å². The standard InChI is InChI=1S/C10H20N2O3/c1-3-8(5-6-13)12-10(15)7-11-9(14)4-2/h8,13H,3-7H2,1-2H3,(H,11,14)(H,12,15). The molecule has 5 heteroatoms.